The molecule has 0 amide bonds. The summed E-state index contributed by atoms with van der Waals surface area (Å²) in [6.45, 7) is 0. The first-order valence-corrected chi connectivity index (χ1v) is 12.9. The van der Waals surface area contributed by atoms with E-state index in [1.807, 2.05) is 60.7 Å². The monoisotopic (exact) mass is 518 g/mol. The van der Waals surface area contributed by atoms with Crippen molar-refractivity contribution in [1.29, 1.82) is 0 Å². The molecule has 8 rings (SSSR count). The predicted octanol–water partition coefficient (Wildman–Crippen LogP) is 11.3. The van der Waals surface area contributed by atoms with Crippen LogP contribution in [-0.4, -0.2) is 0 Å². The zero-order valence-electron chi connectivity index (χ0n) is 33.1. The highest BCUT2D eigenvalue weighted by Crippen LogP contribution is 2.44. The fraction of sp³-hybridized carbons (Fsp3) is 0. The van der Waals surface area contributed by atoms with Crippen LogP contribution in [0.15, 0.2) is 157 Å². The summed E-state index contributed by atoms with van der Waals surface area (Å²) < 4.78 is 109. The molecule has 0 spiro atoms. The molecule has 40 heavy (non-hydrogen) atoms. The summed E-state index contributed by atoms with van der Waals surface area (Å²) in [6, 6.07) is 19.2. The van der Waals surface area contributed by atoms with Crippen LogP contribution in [0.4, 0.5) is 0 Å². The molecular formula is C40H26. The average molecular weight is 519 g/mol. The Balaban J connectivity index is 1.63. The van der Waals surface area contributed by atoms with Crippen LogP contribution in [0.1, 0.15) is 16.4 Å². The topological polar surface area (TPSA) is 0 Å². The summed E-state index contributed by atoms with van der Waals surface area (Å²) in [7, 11) is 0. The van der Waals surface area contributed by atoms with Crippen LogP contribution in [0.2, 0.25) is 0 Å². The van der Waals surface area contributed by atoms with Crippen LogP contribution < -0.4 is 0 Å². The quantitative estimate of drug-likeness (QED) is 0.204. The zero-order valence-corrected chi connectivity index (χ0v) is 21.1. The third-order valence-corrected chi connectivity index (χ3v) is 7.35. The third-order valence-electron chi connectivity index (χ3n) is 7.35. The minimum Gasteiger partial charge on any atom is -0.0616 e. The smallest absolute Gasteiger partial charge is 0.0616 e. The lowest BCUT2D eigenvalue weighted by Gasteiger charge is -2.18. The van der Waals surface area contributed by atoms with Gasteiger partial charge in [0.2, 0.25) is 0 Å². The number of benzene rings is 8. The molecule has 8 aromatic rings. The van der Waals surface area contributed by atoms with Crippen molar-refractivity contribution in [2.24, 2.45) is 0 Å². The SMILES string of the molecule is [2H]c1c([2H])c(-c2c3c([2H])c([2H])c([2H])c([2H])c3c(-c3ccc4ccccc4c3)c3c([2H])c([2H])c([2H])c([2H])c23)c([2H])c([2H])c1-c1cccc2ccccc12. The van der Waals surface area contributed by atoms with Gasteiger partial charge in [-0.3, -0.25) is 0 Å². The Labute approximate surface area is 250 Å². The highest BCUT2D eigenvalue weighted by atomic mass is 14.2. The molecule has 0 radical (unpaired) electrons. The molecule has 0 aliphatic heterocycles. The molecule has 8 aromatic carbocycles. The van der Waals surface area contributed by atoms with Crippen molar-refractivity contribution in [2.75, 3.05) is 0 Å². The Bertz CT molecular complexity index is 2760. The second-order valence-corrected chi connectivity index (χ2v) is 9.59. The van der Waals surface area contributed by atoms with E-state index in [2.05, 4.69) is 0 Å². The molecule has 0 atom stereocenters. The van der Waals surface area contributed by atoms with Crippen LogP contribution in [0.3, 0.4) is 0 Å². The summed E-state index contributed by atoms with van der Waals surface area (Å²) in [5, 5.41) is 2.72. The molecular weight excluding hydrogens is 480 g/mol. The molecule has 0 fully saturated rings. The molecule has 186 valence electrons. The van der Waals surface area contributed by atoms with E-state index in [0.717, 1.165) is 16.2 Å². The number of hydrogen-bond donors (Lipinski definition) is 0. The first-order chi connectivity index (χ1) is 24.8. The Hall–Kier alpha value is -5.20. The van der Waals surface area contributed by atoms with Gasteiger partial charge >= 0.3 is 0 Å². The van der Waals surface area contributed by atoms with Gasteiger partial charge in [0.25, 0.3) is 0 Å². The third kappa shape index (κ3) is 3.61. The van der Waals surface area contributed by atoms with Crippen molar-refractivity contribution < 1.29 is 16.4 Å². The molecule has 0 saturated heterocycles. The molecule has 0 bridgehead atoms. The van der Waals surface area contributed by atoms with Gasteiger partial charge < -0.3 is 0 Å². The van der Waals surface area contributed by atoms with E-state index in [4.69, 9.17) is 5.48 Å². The second-order valence-electron chi connectivity index (χ2n) is 9.59. The lowest BCUT2D eigenvalue weighted by molar-refractivity contribution is 1.63. The minimum atomic E-state index is -0.619. The van der Waals surface area contributed by atoms with Gasteiger partial charge in [0.05, 0.1) is 16.4 Å². The van der Waals surface area contributed by atoms with E-state index in [0.29, 0.717) is 16.5 Å². The highest BCUT2D eigenvalue weighted by Gasteiger charge is 2.17. The first kappa shape index (κ1) is 13.7. The zero-order chi connectivity index (χ0) is 36.9. The molecule has 0 heterocycles. The molecule has 0 nitrogen and oxygen atoms in total. The van der Waals surface area contributed by atoms with E-state index in [1.165, 1.54) is 0 Å². The van der Waals surface area contributed by atoms with Gasteiger partial charge in [-0.15, -0.1) is 0 Å². The van der Waals surface area contributed by atoms with Gasteiger partial charge in [-0.25, -0.2) is 0 Å². The fourth-order valence-corrected chi connectivity index (χ4v) is 5.52. The highest BCUT2D eigenvalue weighted by molar-refractivity contribution is 6.21. The summed E-state index contributed by atoms with van der Waals surface area (Å²) in [5.74, 6) is 0. The maximum atomic E-state index is 9.39. The van der Waals surface area contributed by atoms with Crippen LogP contribution in [0.5, 0.6) is 0 Å². The maximum absolute atomic E-state index is 9.39. The molecule has 0 unspecified atom stereocenters. The largest absolute Gasteiger partial charge is 0.0629 e. The van der Waals surface area contributed by atoms with E-state index >= 15 is 0 Å². The van der Waals surface area contributed by atoms with Gasteiger partial charge in [0.1, 0.15) is 0 Å². The molecule has 0 aliphatic rings. The maximum Gasteiger partial charge on any atom is 0.0629 e. The van der Waals surface area contributed by atoms with Crippen molar-refractivity contribution >= 4 is 43.1 Å². The van der Waals surface area contributed by atoms with E-state index in [9.17, 15) is 11.0 Å². The van der Waals surface area contributed by atoms with Crippen molar-refractivity contribution in [3.63, 3.8) is 0 Å². The summed E-state index contributed by atoms with van der Waals surface area (Å²) in [5.41, 5.74) is 0.499. The molecule has 0 aromatic heterocycles. The van der Waals surface area contributed by atoms with Gasteiger partial charge in [-0.1, -0.05) is 151 Å². The summed E-state index contributed by atoms with van der Waals surface area (Å²) >= 11 is 0. The van der Waals surface area contributed by atoms with Crippen molar-refractivity contribution in [1.82, 2.24) is 0 Å². The molecule has 0 saturated carbocycles. The number of hydrogen-bond acceptors (Lipinski definition) is 0. The minimum absolute atomic E-state index is 0.0285. The van der Waals surface area contributed by atoms with E-state index < -0.39 is 72.5 Å². The second kappa shape index (κ2) is 9.22. The van der Waals surface area contributed by atoms with Gasteiger partial charge in [-0.2, -0.15) is 0 Å². The lowest BCUT2D eigenvalue weighted by atomic mass is 9.85. The van der Waals surface area contributed by atoms with Crippen LogP contribution in [0.25, 0.3) is 76.5 Å². The van der Waals surface area contributed by atoms with Crippen LogP contribution in [0, 0.1) is 0 Å². The molecule has 0 N–H and O–H groups in total. The standard InChI is InChI=1S/C40H26/c1-2-12-31-26-32(25-20-27(31)10-1)40-37-17-7-5-15-35(37)39(36-16-6-8-18-38(36)40)30-23-21-29(22-24-30)34-19-9-13-28-11-3-4-14-33(28)34/h1-26H/i5D,6D,7D,8D,15D,16D,17D,18D,21D,22D,23D,24D. The van der Waals surface area contributed by atoms with Crippen LogP contribution >= 0.6 is 0 Å². The van der Waals surface area contributed by atoms with Crippen molar-refractivity contribution in [3.05, 3.63) is 157 Å². The van der Waals surface area contributed by atoms with Gasteiger partial charge in [0, 0.05) is 0 Å². The number of fused-ring (bicyclic) bond motifs is 4. The fourth-order valence-electron chi connectivity index (χ4n) is 5.52. The normalized spacial score (nSPS) is 15.7. The first-order valence-electron chi connectivity index (χ1n) is 18.9. The average Bonchev–Trinajstić information content (AvgIpc) is 3.16. The van der Waals surface area contributed by atoms with Gasteiger partial charge in [0.15, 0.2) is 0 Å². The van der Waals surface area contributed by atoms with Crippen molar-refractivity contribution in [3.8, 4) is 33.4 Å². The molecule has 0 heteroatoms. The molecule has 0 aliphatic carbocycles. The summed E-state index contributed by atoms with van der Waals surface area (Å²) in [4.78, 5) is 0. The lowest BCUT2D eigenvalue weighted by Crippen LogP contribution is -1.91. The van der Waals surface area contributed by atoms with Crippen molar-refractivity contribution in [2.45, 2.75) is 0 Å². The predicted molar refractivity (Wildman–Crippen MR) is 173 cm³/mol. The van der Waals surface area contributed by atoms with E-state index in [-0.39, 0.29) is 43.8 Å². The van der Waals surface area contributed by atoms with Crippen LogP contribution in [-0.2, 0) is 0 Å². The van der Waals surface area contributed by atoms with Gasteiger partial charge in [-0.05, 0) is 82.5 Å². The van der Waals surface area contributed by atoms with E-state index in [1.54, 1.807) is 24.3 Å². The Morgan fingerprint density at radius 1 is 0.350 bits per heavy atom. The summed E-state index contributed by atoms with van der Waals surface area (Å²) in [6.07, 6.45) is 0. The number of rotatable bonds is 3. The Morgan fingerprint density at radius 3 is 1.55 bits per heavy atom. The Kier molecular flexibility index (Phi) is 3.17. The Morgan fingerprint density at radius 2 is 0.875 bits per heavy atom.